The summed E-state index contributed by atoms with van der Waals surface area (Å²) in [4.78, 5) is 0. The summed E-state index contributed by atoms with van der Waals surface area (Å²) in [6.45, 7) is 4.60. The van der Waals surface area contributed by atoms with Crippen molar-refractivity contribution in [3.05, 3.63) is 41.5 Å². The van der Waals surface area contributed by atoms with Crippen molar-refractivity contribution in [2.45, 2.75) is 38.3 Å². The second-order valence-corrected chi connectivity index (χ2v) is 5.79. The lowest BCUT2D eigenvalue weighted by molar-refractivity contribution is 0.530. The Labute approximate surface area is 116 Å². The van der Waals surface area contributed by atoms with Crippen LogP contribution in [0, 0.1) is 5.92 Å². The molecule has 0 amide bonds. The van der Waals surface area contributed by atoms with E-state index in [1.54, 1.807) is 5.57 Å². The predicted octanol–water partition coefficient (Wildman–Crippen LogP) is 2.82. The number of benzene rings is 1. The van der Waals surface area contributed by atoms with E-state index >= 15 is 0 Å². The van der Waals surface area contributed by atoms with E-state index in [9.17, 15) is 0 Å². The average Bonchev–Trinajstić information content (AvgIpc) is 2.99. The molecule has 2 N–H and O–H groups in total. The van der Waals surface area contributed by atoms with Crippen molar-refractivity contribution in [1.29, 1.82) is 0 Å². The SMILES string of the molecule is CCC(=Cc1ccccc1)C1CC1NC1CCNC1. The van der Waals surface area contributed by atoms with Crippen LogP contribution in [0.1, 0.15) is 31.7 Å². The number of hydrogen-bond acceptors (Lipinski definition) is 2. The second-order valence-electron chi connectivity index (χ2n) is 5.79. The summed E-state index contributed by atoms with van der Waals surface area (Å²) in [5.74, 6) is 0.769. The van der Waals surface area contributed by atoms with Crippen molar-refractivity contribution in [1.82, 2.24) is 10.6 Å². The van der Waals surface area contributed by atoms with Gasteiger partial charge in [0.25, 0.3) is 0 Å². The van der Waals surface area contributed by atoms with Gasteiger partial charge >= 0.3 is 0 Å². The average molecular weight is 256 g/mol. The van der Waals surface area contributed by atoms with Gasteiger partial charge in [0.1, 0.15) is 0 Å². The zero-order chi connectivity index (χ0) is 13.1. The topological polar surface area (TPSA) is 24.1 Å². The highest BCUT2D eigenvalue weighted by molar-refractivity contribution is 5.54. The van der Waals surface area contributed by atoms with Gasteiger partial charge in [-0.2, -0.15) is 0 Å². The quantitative estimate of drug-likeness (QED) is 0.846. The standard InChI is InChI=1S/C17H24N2/c1-2-14(10-13-6-4-3-5-7-13)16-11-17(16)19-15-8-9-18-12-15/h3-7,10,15-19H,2,8-9,11-12H2,1H3. The van der Waals surface area contributed by atoms with Gasteiger partial charge in [0, 0.05) is 18.6 Å². The van der Waals surface area contributed by atoms with Crippen LogP contribution < -0.4 is 10.6 Å². The van der Waals surface area contributed by atoms with Gasteiger partial charge in [0.2, 0.25) is 0 Å². The first-order valence-electron chi connectivity index (χ1n) is 7.59. The van der Waals surface area contributed by atoms with Crippen LogP contribution in [0.25, 0.3) is 6.08 Å². The van der Waals surface area contributed by atoms with E-state index < -0.39 is 0 Å². The Bertz CT molecular complexity index is 432. The molecule has 2 fully saturated rings. The molecular formula is C17H24N2. The molecule has 1 aromatic rings. The van der Waals surface area contributed by atoms with E-state index in [1.807, 2.05) is 0 Å². The molecule has 2 nitrogen and oxygen atoms in total. The highest BCUT2D eigenvalue weighted by Gasteiger charge is 2.40. The first-order chi connectivity index (χ1) is 9.36. The molecule has 2 aliphatic rings. The van der Waals surface area contributed by atoms with Crippen molar-refractivity contribution in [2.75, 3.05) is 13.1 Å². The van der Waals surface area contributed by atoms with E-state index in [4.69, 9.17) is 0 Å². The summed E-state index contributed by atoms with van der Waals surface area (Å²) in [6, 6.07) is 12.1. The molecule has 0 spiro atoms. The van der Waals surface area contributed by atoms with Crippen LogP contribution in [-0.2, 0) is 0 Å². The van der Waals surface area contributed by atoms with Crippen LogP contribution in [0.5, 0.6) is 0 Å². The molecule has 1 heterocycles. The second kappa shape index (κ2) is 5.89. The van der Waals surface area contributed by atoms with Crippen LogP contribution in [0.2, 0.25) is 0 Å². The van der Waals surface area contributed by atoms with Gasteiger partial charge in [-0.05, 0) is 37.3 Å². The van der Waals surface area contributed by atoms with Gasteiger partial charge in [0.15, 0.2) is 0 Å². The molecule has 2 heteroatoms. The van der Waals surface area contributed by atoms with Gasteiger partial charge in [-0.3, -0.25) is 0 Å². The molecule has 1 saturated carbocycles. The molecule has 0 aromatic heterocycles. The Morgan fingerprint density at radius 3 is 2.89 bits per heavy atom. The van der Waals surface area contributed by atoms with Crippen LogP contribution in [0.4, 0.5) is 0 Å². The summed E-state index contributed by atoms with van der Waals surface area (Å²) in [7, 11) is 0. The van der Waals surface area contributed by atoms with Gasteiger partial charge < -0.3 is 10.6 Å². The zero-order valence-electron chi connectivity index (χ0n) is 11.7. The van der Waals surface area contributed by atoms with Crippen molar-refractivity contribution < 1.29 is 0 Å². The summed E-state index contributed by atoms with van der Waals surface area (Å²) >= 11 is 0. The first-order valence-corrected chi connectivity index (χ1v) is 7.59. The minimum Gasteiger partial charge on any atom is -0.315 e. The Hall–Kier alpha value is -1.12. The van der Waals surface area contributed by atoms with Crippen molar-refractivity contribution in [2.24, 2.45) is 5.92 Å². The maximum absolute atomic E-state index is 3.80. The molecular weight excluding hydrogens is 232 g/mol. The zero-order valence-corrected chi connectivity index (χ0v) is 11.7. The fourth-order valence-electron chi connectivity index (χ4n) is 3.12. The third kappa shape index (κ3) is 3.26. The maximum Gasteiger partial charge on any atom is 0.0207 e. The molecule has 1 aliphatic carbocycles. The smallest absolute Gasteiger partial charge is 0.0207 e. The minimum atomic E-state index is 0.699. The van der Waals surface area contributed by atoms with Gasteiger partial charge in [-0.25, -0.2) is 0 Å². The van der Waals surface area contributed by atoms with Crippen LogP contribution in [0.3, 0.4) is 0 Å². The molecule has 0 radical (unpaired) electrons. The third-order valence-corrected chi connectivity index (χ3v) is 4.34. The lowest BCUT2D eigenvalue weighted by Crippen LogP contribution is -2.33. The molecule has 3 unspecified atom stereocenters. The third-order valence-electron chi connectivity index (χ3n) is 4.34. The fraction of sp³-hybridized carbons (Fsp3) is 0.529. The minimum absolute atomic E-state index is 0.699. The Kier molecular flexibility index (Phi) is 4.00. The van der Waals surface area contributed by atoms with Gasteiger partial charge in [-0.15, -0.1) is 0 Å². The molecule has 102 valence electrons. The first kappa shape index (κ1) is 12.9. The van der Waals surface area contributed by atoms with Crippen LogP contribution >= 0.6 is 0 Å². The summed E-state index contributed by atoms with van der Waals surface area (Å²) in [5, 5.41) is 7.23. The molecule has 19 heavy (non-hydrogen) atoms. The van der Waals surface area contributed by atoms with Crippen molar-refractivity contribution in [3.8, 4) is 0 Å². The number of hydrogen-bond donors (Lipinski definition) is 2. The molecule has 1 saturated heterocycles. The van der Waals surface area contributed by atoms with E-state index in [0.717, 1.165) is 18.5 Å². The highest BCUT2D eigenvalue weighted by atomic mass is 15.1. The number of nitrogens with one attached hydrogen (secondary N) is 2. The molecule has 3 rings (SSSR count). The van der Waals surface area contributed by atoms with E-state index in [-0.39, 0.29) is 0 Å². The Morgan fingerprint density at radius 2 is 2.21 bits per heavy atom. The summed E-state index contributed by atoms with van der Waals surface area (Å²) < 4.78 is 0. The predicted molar refractivity (Wildman–Crippen MR) is 81.0 cm³/mol. The lowest BCUT2D eigenvalue weighted by Gasteiger charge is -2.11. The monoisotopic (exact) mass is 256 g/mol. The molecule has 0 bridgehead atoms. The van der Waals surface area contributed by atoms with Gasteiger partial charge in [0.05, 0.1) is 0 Å². The lowest BCUT2D eigenvalue weighted by atomic mass is 10.0. The van der Waals surface area contributed by atoms with Crippen LogP contribution in [0.15, 0.2) is 35.9 Å². The normalized spacial score (nSPS) is 30.6. The summed E-state index contributed by atoms with van der Waals surface area (Å²) in [6.07, 6.45) is 6.16. The van der Waals surface area contributed by atoms with E-state index in [2.05, 4.69) is 54.0 Å². The Balaban J connectivity index is 1.60. The largest absolute Gasteiger partial charge is 0.315 e. The molecule has 1 aromatic carbocycles. The highest BCUT2D eigenvalue weighted by Crippen LogP contribution is 2.40. The van der Waals surface area contributed by atoms with E-state index in [0.29, 0.717) is 6.04 Å². The summed E-state index contributed by atoms with van der Waals surface area (Å²) in [5.41, 5.74) is 2.95. The van der Waals surface area contributed by atoms with E-state index in [1.165, 1.54) is 31.4 Å². The molecule has 3 atom stereocenters. The number of rotatable bonds is 5. The fourth-order valence-corrected chi connectivity index (χ4v) is 3.12. The molecule has 1 aliphatic heterocycles. The maximum atomic E-state index is 3.80. The Morgan fingerprint density at radius 1 is 1.37 bits per heavy atom. The van der Waals surface area contributed by atoms with Crippen molar-refractivity contribution in [3.63, 3.8) is 0 Å². The van der Waals surface area contributed by atoms with Gasteiger partial charge in [-0.1, -0.05) is 48.9 Å². The van der Waals surface area contributed by atoms with Crippen LogP contribution in [-0.4, -0.2) is 25.2 Å². The van der Waals surface area contributed by atoms with Crippen molar-refractivity contribution >= 4 is 6.08 Å².